The minimum Gasteiger partial charge on any atom is -0.457 e. The smallest absolute Gasteiger partial charge is 0.457 e. The highest BCUT2D eigenvalue weighted by molar-refractivity contribution is 8.13. The quantitative estimate of drug-likeness (QED) is 0.592. The maximum absolute atomic E-state index is 11.6. The van der Waals surface area contributed by atoms with Crippen molar-refractivity contribution in [2.45, 2.75) is 52.4 Å². The van der Waals surface area contributed by atoms with Crippen LogP contribution in [-0.2, 0) is 25.4 Å². The van der Waals surface area contributed by atoms with Crippen molar-refractivity contribution in [1.29, 1.82) is 0 Å². The first-order valence-corrected chi connectivity index (χ1v) is 9.57. The molecule has 0 atom stereocenters. The summed E-state index contributed by atoms with van der Waals surface area (Å²) in [5.74, 6) is 0.201. The molecule has 0 N–H and O–H groups in total. The lowest BCUT2D eigenvalue weighted by molar-refractivity contribution is -0.109. The minimum atomic E-state index is -0.516. The molecule has 1 saturated heterocycles. The van der Waals surface area contributed by atoms with Crippen LogP contribution in [0.1, 0.15) is 56.1 Å². The van der Waals surface area contributed by atoms with Crippen LogP contribution in [0.25, 0.3) is 6.08 Å². The van der Waals surface area contributed by atoms with Gasteiger partial charge in [-0.05, 0) is 50.9 Å². The number of thioether (sulfide) groups is 1. The van der Waals surface area contributed by atoms with E-state index < -0.39 is 18.3 Å². The number of benzene rings is 1. The van der Waals surface area contributed by atoms with Gasteiger partial charge < -0.3 is 14.0 Å². The zero-order chi connectivity index (χ0) is 19.1. The zero-order valence-corrected chi connectivity index (χ0v) is 16.6. The molecule has 0 bridgehead atoms. The molecule has 0 saturated carbocycles. The number of ether oxygens (including phenoxy) is 1. The second-order valence-corrected chi connectivity index (χ2v) is 8.73. The Labute approximate surface area is 158 Å². The van der Waals surface area contributed by atoms with Gasteiger partial charge in [0.1, 0.15) is 6.61 Å². The Hall–Kier alpha value is -1.57. The molecule has 0 aliphatic carbocycles. The van der Waals surface area contributed by atoms with E-state index in [-0.39, 0.29) is 11.1 Å². The molecule has 0 aromatic heterocycles. The number of carbonyl (C=O) groups is 2. The fourth-order valence-corrected chi connectivity index (χ4v) is 3.40. The number of hydrogen-bond donors (Lipinski definition) is 0. The first kappa shape index (κ1) is 19.2. The van der Waals surface area contributed by atoms with Gasteiger partial charge in [0, 0.05) is 18.2 Å². The van der Waals surface area contributed by atoms with Gasteiger partial charge in [-0.25, -0.2) is 4.79 Å². The Kier molecular flexibility index (Phi) is 5.07. The average molecular weight is 374 g/mol. The molecule has 2 heterocycles. The molecular weight excluding hydrogens is 351 g/mol. The summed E-state index contributed by atoms with van der Waals surface area (Å²) >= 11 is 1.23. The van der Waals surface area contributed by atoms with E-state index in [1.54, 1.807) is 13.0 Å². The van der Waals surface area contributed by atoms with Crippen molar-refractivity contribution in [3.8, 4) is 0 Å². The number of cyclic esters (lactones) is 1. The Bertz CT molecular complexity index is 768. The molecule has 26 heavy (non-hydrogen) atoms. The Morgan fingerprint density at radius 2 is 1.88 bits per heavy atom. The van der Waals surface area contributed by atoms with E-state index in [0.29, 0.717) is 17.9 Å². The van der Waals surface area contributed by atoms with Crippen LogP contribution in [-0.4, -0.2) is 35.2 Å². The van der Waals surface area contributed by atoms with Crippen molar-refractivity contribution in [1.82, 2.24) is 0 Å². The molecule has 1 aromatic rings. The summed E-state index contributed by atoms with van der Waals surface area (Å²) < 4.78 is 17.4. The largest absolute Gasteiger partial charge is 0.491 e. The van der Waals surface area contributed by atoms with E-state index in [9.17, 15) is 9.59 Å². The fourth-order valence-electron chi connectivity index (χ4n) is 2.81. The second-order valence-electron chi connectivity index (χ2n) is 7.58. The van der Waals surface area contributed by atoms with Gasteiger partial charge in [0.2, 0.25) is 0 Å². The normalized spacial score (nSPS) is 20.9. The Morgan fingerprint density at radius 3 is 2.50 bits per heavy atom. The molecular formula is C19H23BO5S. The van der Waals surface area contributed by atoms with E-state index in [2.05, 4.69) is 0 Å². The SMILES string of the molecule is CC(=O)SCC(=Cc1ccc2c(c1)COC2=O)B1OC(C)(C)C(C)(C)O1. The van der Waals surface area contributed by atoms with Crippen LogP contribution in [0.2, 0.25) is 0 Å². The van der Waals surface area contributed by atoms with Crippen LogP contribution in [0.15, 0.2) is 23.7 Å². The molecule has 5 nitrogen and oxygen atoms in total. The van der Waals surface area contributed by atoms with E-state index in [4.69, 9.17) is 14.0 Å². The summed E-state index contributed by atoms with van der Waals surface area (Å²) in [7, 11) is -0.516. The minimum absolute atomic E-state index is 0.0420. The third kappa shape index (κ3) is 3.75. The summed E-state index contributed by atoms with van der Waals surface area (Å²) in [4.78, 5) is 23.1. The molecule has 2 aliphatic rings. The molecule has 0 radical (unpaired) electrons. The van der Waals surface area contributed by atoms with Crippen LogP contribution in [0.4, 0.5) is 0 Å². The predicted molar refractivity (Wildman–Crippen MR) is 103 cm³/mol. The first-order valence-electron chi connectivity index (χ1n) is 8.58. The average Bonchev–Trinajstić information content (AvgIpc) is 3.00. The highest BCUT2D eigenvalue weighted by atomic mass is 32.2. The lowest BCUT2D eigenvalue weighted by atomic mass is 9.78. The molecule has 7 heteroatoms. The summed E-state index contributed by atoms with van der Waals surface area (Å²) in [5.41, 5.74) is 2.39. The highest BCUT2D eigenvalue weighted by Gasteiger charge is 2.52. The van der Waals surface area contributed by atoms with Gasteiger partial charge in [-0.15, -0.1) is 0 Å². The molecule has 0 amide bonds. The van der Waals surface area contributed by atoms with E-state index in [0.717, 1.165) is 16.6 Å². The van der Waals surface area contributed by atoms with Crippen molar-refractivity contribution in [3.05, 3.63) is 40.4 Å². The third-order valence-corrected chi connectivity index (χ3v) is 5.94. The number of esters is 1. The standard InChI is InChI=1S/C19H23BO5S/c1-12(21)26-11-15(20-24-18(2,3)19(4,5)25-20)9-13-6-7-16-14(8-13)10-23-17(16)22/h6-9H,10-11H2,1-5H3. The molecule has 3 rings (SSSR count). The van der Waals surface area contributed by atoms with Gasteiger partial charge >= 0.3 is 13.1 Å². The van der Waals surface area contributed by atoms with Gasteiger partial charge in [-0.3, -0.25) is 4.79 Å². The Balaban J connectivity index is 1.90. The van der Waals surface area contributed by atoms with Gasteiger partial charge in [-0.1, -0.05) is 23.9 Å². The van der Waals surface area contributed by atoms with Crippen LogP contribution in [0.5, 0.6) is 0 Å². The van der Waals surface area contributed by atoms with E-state index >= 15 is 0 Å². The molecule has 1 aromatic carbocycles. The zero-order valence-electron chi connectivity index (χ0n) is 15.8. The van der Waals surface area contributed by atoms with Crippen LogP contribution in [0, 0.1) is 0 Å². The lowest BCUT2D eigenvalue weighted by Gasteiger charge is -2.32. The Morgan fingerprint density at radius 1 is 1.23 bits per heavy atom. The second kappa shape index (κ2) is 6.87. The van der Waals surface area contributed by atoms with Crippen LogP contribution in [0.3, 0.4) is 0 Å². The molecule has 1 fully saturated rings. The lowest BCUT2D eigenvalue weighted by Crippen LogP contribution is -2.41. The summed E-state index contributed by atoms with van der Waals surface area (Å²) in [6.45, 7) is 9.85. The van der Waals surface area contributed by atoms with Gasteiger partial charge in [0.25, 0.3) is 0 Å². The van der Waals surface area contributed by atoms with Crippen LogP contribution >= 0.6 is 11.8 Å². The van der Waals surface area contributed by atoms with Crippen molar-refractivity contribution < 1.29 is 23.6 Å². The van der Waals surface area contributed by atoms with Crippen molar-refractivity contribution >= 4 is 36.0 Å². The van der Waals surface area contributed by atoms with Crippen molar-refractivity contribution in [2.75, 3.05) is 5.75 Å². The number of rotatable bonds is 4. The monoisotopic (exact) mass is 374 g/mol. The highest BCUT2D eigenvalue weighted by Crippen LogP contribution is 2.39. The summed E-state index contributed by atoms with van der Waals surface area (Å²) in [5, 5.41) is 0.0420. The number of fused-ring (bicyclic) bond motifs is 1. The third-order valence-electron chi connectivity index (χ3n) is 5.06. The first-order chi connectivity index (χ1) is 12.1. The van der Waals surface area contributed by atoms with Gasteiger partial charge in [0.15, 0.2) is 5.12 Å². The summed E-state index contributed by atoms with van der Waals surface area (Å²) in [6, 6.07) is 5.58. The molecule has 0 spiro atoms. The fraction of sp³-hybridized carbons (Fsp3) is 0.474. The number of hydrogen-bond acceptors (Lipinski definition) is 6. The van der Waals surface area contributed by atoms with E-state index in [1.807, 2.05) is 45.9 Å². The van der Waals surface area contributed by atoms with E-state index in [1.165, 1.54) is 11.8 Å². The van der Waals surface area contributed by atoms with Crippen LogP contribution < -0.4 is 0 Å². The maximum atomic E-state index is 11.6. The van der Waals surface area contributed by atoms with Crippen molar-refractivity contribution in [3.63, 3.8) is 0 Å². The molecule has 138 valence electrons. The maximum Gasteiger partial charge on any atom is 0.491 e. The van der Waals surface area contributed by atoms with Crippen molar-refractivity contribution in [2.24, 2.45) is 0 Å². The molecule has 2 aliphatic heterocycles. The summed E-state index contributed by atoms with van der Waals surface area (Å²) in [6.07, 6.45) is 1.97. The predicted octanol–water partition coefficient (Wildman–Crippen LogP) is 3.65. The van der Waals surface area contributed by atoms with Gasteiger partial charge in [-0.2, -0.15) is 0 Å². The number of carbonyl (C=O) groups excluding carboxylic acids is 2. The topological polar surface area (TPSA) is 61.8 Å². The molecule has 0 unspecified atom stereocenters. The van der Waals surface area contributed by atoms with Gasteiger partial charge in [0.05, 0.1) is 16.8 Å².